The Kier molecular flexibility index (Phi) is 3.88. The number of nitrogens with two attached hydrogens (primary N) is 1. The van der Waals surface area contributed by atoms with Gasteiger partial charge in [0, 0.05) is 36.7 Å². The average Bonchev–Trinajstić information content (AvgIpc) is 2.99. The minimum Gasteiger partial charge on any atom is -0.384 e. The fraction of sp³-hybridized carbons (Fsp3) is 0.533. The first-order valence-corrected chi connectivity index (χ1v) is 7.36. The molecule has 1 aliphatic carbocycles. The number of nitrogens with zero attached hydrogens (tertiary/aromatic N) is 3. The molecule has 0 radical (unpaired) electrons. The van der Waals surface area contributed by atoms with Crippen molar-refractivity contribution in [1.29, 1.82) is 0 Å². The van der Waals surface area contributed by atoms with Crippen LogP contribution in [0.25, 0.3) is 11.0 Å². The summed E-state index contributed by atoms with van der Waals surface area (Å²) in [4.78, 5) is 21.1. The van der Waals surface area contributed by atoms with Crippen LogP contribution in [0.1, 0.15) is 37.3 Å². The molecule has 0 bridgehead atoms. The molecule has 3 rings (SSSR count). The second kappa shape index (κ2) is 5.81. The molecule has 0 atom stereocenters. The summed E-state index contributed by atoms with van der Waals surface area (Å²) in [6.07, 6.45) is 6.64. The first kappa shape index (κ1) is 14.0. The third kappa shape index (κ3) is 2.63. The lowest BCUT2D eigenvalue weighted by molar-refractivity contribution is 0.202. The standard InChI is InChI=1S/C15H20N4O2/c1-21-7-6-10-8-11-9-17-15(16)18-13(11)19(14(10)20)12-4-2-3-5-12/h8-9,12H,2-7H2,1H3,(H2,16,17,18). The first-order valence-electron chi connectivity index (χ1n) is 7.36. The molecule has 1 fully saturated rings. The molecule has 1 saturated carbocycles. The zero-order chi connectivity index (χ0) is 14.8. The molecule has 0 amide bonds. The van der Waals surface area contributed by atoms with Crippen molar-refractivity contribution >= 4 is 17.0 Å². The van der Waals surface area contributed by atoms with E-state index in [0.29, 0.717) is 18.7 Å². The Balaban J connectivity index is 2.20. The van der Waals surface area contributed by atoms with E-state index in [2.05, 4.69) is 9.97 Å². The minimum atomic E-state index is 0.0320. The van der Waals surface area contributed by atoms with Gasteiger partial charge < -0.3 is 10.5 Å². The zero-order valence-corrected chi connectivity index (χ0v) is 12.2. The molecule has 21 heavy (non-hydrogen) atoms. The number of nitrogen functional groups attached to an aromatic ring is 1. The number of fused-ring (bicyclic) bond motifs is 1. The average molecular weight is 288 g/mol. The summed E-state index contributed by atoms with van der Waals surface area (Å²) in [7, 11) is 1.64. The molecule has 2 N–H and O–H groups in total. The summed E-state index contributed by atoms with van der Waals surface area (Å²) < 4.78 is 6.92. The smallest absolute Gasteiger partial charge is 0.255 e. The van der Waals surface area contributed by atoms with Crippen molar-refractivity contribution in [3.63, 3.8) is 0 Å². The van der Waals surface area contributed by atoms with Crippen molar-refractivity contribution in [1.82, 2.24) is 14.5 Å². The molecule has 112 valence electrons. The summed E-state index contributed by atoms with van der Waals surface area (Å²) >= 11 is 0. The van der Waals surface area contributed by atoms with Gasteiger partial charge in [0.2, 0.25) is 5.95 Å². The van der Waals surface area contributed by atoms with E-state index in [9.17, 15) is 4.79 Å². The summed E-state index contributed by atoms with van der Waals surface area (Å²) in [5.41, 5.74) is 7.14. The largest absolute Gasteiger partial charge is 0.384 e. The van der Waals surface area contributed by atoms with Gasteiger partial charge in [-0.3, -0.25) is 9.36 Å². The maximum absolute atomic E-state index is 12.8. The van der Waals surface area contributed by atoms with E-state index in [1.807, 2.05) is 10.6 Å². The molecule has 0 unspecified atom stereocenters. The predicted octanol–water partition coefficient (Wildman–Crippen LogP) is 1.68. The van der Waals surface area contributed by atoms with E-state index in [-0.39, 0.29) is 17.5 Å². The lowest BCUT2D eigenvalue weighted by atomic mass is 10.1. The highest BCUT2D eigenvalue weighted by Crippen LogP contribution is 2.30. The monoisotopic (exact) mass is 288 g/mol. The molecule has 6 heteroatoms. The predicted molar refractivity (Wildman–Crippen MR) is 81.3 cm³/mol. The number of hydrogen-bond donors (Lipinski definition) is 1. The highest BCUT2D eigenvalue weighted by atomic mass is 16.5. The van der Waals surface area contributed by atoms with Gasteiger partial charge in [0.15, 0.2) is 0 Å². The molecule has 0 aromatic carbocycles. The maximum Gasteiger partial charge on any atom is 0.255 e. The lowest BCUT2D eigenvalue weighted by Gasteiger charge is -2.17. The number of methoxy groups -OCH3 is 1. The molecule has 0 aliphatic heterocycles. The lowest BCUT2D eigenvalue weighted by Crippen LogP contribution is -2.28. The second-order valence-electron chi connectivity index (χ2n) is 5.53. The van der Waals surface area contributed by atoms with Crippen molar-refractivity contribution in [2.24, 2.45) is 0 Å². The number of rotatable bonds is 4. The molecule has 2 aromatic rings. The summed E-state index contributed by atoms with van der Waals surface area (Å²) in [6.45, 7) is 0.529. The highest BCUT2D eigenvalue weighted by Gasteiger charge is 2.22. The van der Waals surface area contributed by atoms with Gasteiger partial charge in [-0.05, 0) is 18.9 Å². The molecule has 1 aliphatic rings. The zero-order valence-electron chi connectivity index (χ0n) is 12.2. The van der Waals surface area contributed by atoms with Crippen molar-refractivity contribution in [3.8, 4) is 0 Å². The third-order valence-electron chi connectivity index (χ3n) is 4.13. The molecular weight excluding hydrogens is 268 g/mol. The van der Waals surface area contributed by atoms with Crippen LogP contribution in [-0.2, 0) is 11.2 Å². The van der Waals surface area contributed by atoms with Crippen LogP contribution >= 0.6 is 0 Å². The topological polar surface area (TPSA) is 83.0 Å². The number of ether oxygens (including phenoxy) is 1. The Bertz CT molecular complexity index is 705. The summed E-state index contributed by atoms with van der Waals surface area (Å²) in [6, 6.07) is 2.08. The Morgan fingerprint density at radius 1 is 1.43 bits per heavy atom. The van der Waals surface area contributed by atoms with Gasteiger partial charge in [-0.15, -0.1) is 0 Å². The third-order valence-corrected chi connectivity index (χ3v) is 4.13. The molecule has 2 heterocycles. The van der Waals surface area contributed by atoms with Crippen molar-refractivity contribution in [3.05, 3.63) is 28.2 Å². The van der Waals surface area contributed by atoms with Crippen LogP contribution in [0.5, 0.6) is 0 Å². The molecule has 6 nitrogen and oxygen atoms in total. The number of hydrogen-bond acceptors (Lipinski definition) is 5. The summed E-state index contributed by atoms with van der Waals surface area (Å²) in [5, 5.41) is 0.863. The Morgan fingerprint density at radius 2 is 2.19 bits per heavy atom. The van der Waals surface area contributed by atoms with Crippen molar-refractivity contribution in [2.45, 2.75) is 38.1 Å². The van der Waals surface area contributed by atoms with Gasteiger partial charge >= 0.3 is 0 Å². The van der Waals surface area contributed by atoms with E-state index in [1.165, 1.54) is 0 Å². The molecular formula is C15H20N4O2. The molecule has 0 saturated heterocycles. The maximum atomic E-state index is 12.8. The first-order chi connectivity index (χ1) is 10.2. The number of anilines is 1. The Hall–Kier alpha value is -1.95. The van der Waals surface area contributed by atoms with Crippen LogP contribution in [0.2, 0.25) is 0 Å². The Morgan fingerprint density at radius 3 is 2.90 bits per heavy atom. The molecule has 2 aromatic heterocycles. The van der Waals surface area contributed by atoms with Gasteiger partial charge in [-0.1, -0.05) is 12.8 Å². The SMILES string of the molecule is COCCc1cc2cnc(N)nc2n(C2CCCC2)c1=O. The van der Waals surface area contributed by atoms with Crippen LogP contribution in [0.3, 0.4) is 0 Å². The van der Waals surface area contributed by atoms with E-state index in [0.717, 1.165) is 36.6 Å². The normalized spacial score (nSPS) is 15.9. The molecule has 0 spiro atoms. The highest BCUT2D eigenvalue weighted by molar-refractivity contribution is 5.76. The van der Waals surface area contributed by atoms with Gasteiger partial charge in [-0.25, -0.2) is 4.98 Å². The van der Waals surface area contributed by atoms with Crippen molar-refractivity contribution < 1.29 is 4.74 Å². The van der Waals surface area contributed by atoms with Crippen LogP contribution in [0, 0.1) is 0 Å². The van der Waals surface area contributed by atoms with Gasteiger partial charge in [0.25, 0.3) is 5.56 Å². The summed E-state index contributed by atoms with van der Waals surface area (Å²) in [5.74, 6) is 0.207. The number of pyridine rings is 1. The minimum absolute atomic E-state index is 0.0320. The van der Waals surface area contributed by atoms with Gasteiger partial charge in [0.1, 0.15) is 5.65 Å². The van der Waals surface area contributed by atoms with Gasteiger partial charge in [0.05, 0.1) is 6.61 Å². The number of aromatic nitrogens is 3. The Labute approximate surface area is 123 Å². The van der Waals surface area contributed by atoms with Gasteiger partial charge in [-0.2, -0.15) is 4.98 Å². The fourth-order valence-corrected chi connectivity index (χ4v) is 3.08. The van der Waals surface area contributed by atoms with Crippen LogP contribution in [0.15, 0.2) is 17.1 Å². The van der Waals surface area contributed by atoms with Crippen molar-refractivity contribution in [2.75, 3.05) is 19.5 Å². The quantitative estimate of drug-likeness (QED) is 0.925. The fourth-order valence-electron chi connectivity index (χ4n) is 3.08. The van der Waals surface area contributed by atoms with E-state index < -0.39 is 0 Å². The van der Waals surface area contributed by atoms with Crippen LogP contribution in [-0.4, -0.2) is 28.3 Å². The van der Waals surface area contributed by atoms with E-state index >= 15 is 0 Å². The van der Waals surface area contributed by atoms with E-state index in [4.69, 9.17) is 10.5 Å². The van der Waals surface area contributed by atoms with Crippen LogP contribution in [0.4, 0.5) is 5.95 Å². The van der Waals surface area contributed by atoms with Crippen LogP contribution < -0.4 is 11.3 Å². The van der Waals surface area contributed by atoms with E-state index in [1.54, 1.807) is 13.3 Å². The second-order valence-corrected chi connectivity index (χ2v) is 5.53.